The van der Waals surface area contributed by atoms with Gasteiger partial charge in [0, 0.05) is 21.8 Å². The van der Waals surface area contributed by atoms with Crippen molar-refractivity contribution in [1.29, 1.82) is 0 Å². The van der Waals surface area contributed by atoms with Gasteiger partial charge in [-0.2, -0.15) is 4.80 Å². The molecule has 1 aliphatic rings. The predicted octanol–water partition coefficient (Wildman–Crippen LogP) is 3.08. The lowest BCUT2D eigenvalue weighted by molar-refractivity contribution is -0.119. The number of anilines is 1. The van der Waals surface area contributed by atoms with Crippen LogP contribution in [-0.4, -0.2) is 32.2 Å². The number of rotatable bonds is 3. The zero-order chi connectivity index (χ0) is 17.4. The van der Waals surface area contributed by atoms with Crippen LogP contribution in [0.2, 0.25) is 0 Å². The number of carbonyl (C=O) groups is 1. The molecule has 0 bridgehead atoms. The number of amides is 1. The van der Waals surface area contributed by atoms with Crippen LogP contribution in [0.15, 0.2) is 53.0 Å². The van der Waals surface area contributed by atoms with E-state index in [9.17, 15) is 4.79 Å². The summed E-state index contributed by atoms with van der Waals surface area (Å²) in [5.41, 5.74) is 3.02. The van der Waals surface area contributed by atoms with Crippen molar-refractivity contribution in [3.05, 3.63) is 58.6 Å². The Morgan fingerprint density at radius 2 is 1.96 bits per heavy atom. The third-order valence-electron chi connectivity index (χ3n) is 4.32. The summed E-state index contributed by atoms with van der Waals surface area (Å²) < 4.78 is 0.892. The number of benzene rings is 2. The van der Waals surface area contributed by atoms with Gasteiger partial charge in [-0.05, 0) is 42.3 Å². The van der Waals surface area contributed by atoms with Gasteiger partial charge in [0.1, 0.15) is 6.54 Å². The normalized spacial score (nSPS) is 16.1. The van der Waals surface area contributed by atoms with Crippen molar-refractivity contribution in [2.45, 2.75) is 25.9 Å². The van der Waals surface area contributed by atoms with Crippen molar-refractivity contribution in [3.8, 4) is 11.4 Å². The van der Waals surface area contributed by atoms with Gasteiger partial charge in [0.05, 0.1) is 0 Å². The number of para-hydroxylation sites is 1. The van der Waals surface area contributed by atoms with E-state index in [0.717, 1.165) is 22.1 Å². The van der Waals surface area contributed by atoms with Crippen LogP contribution in [0.1, 0.15) is 12.5 Å². The van der Waals surface area contributed by atoms with Crippen molar-refractivity contribution < 1.29 is 4.79 Å². The van der Waals surface area contributed by atoms with E-state index in [1.165, 1.54) is 10.4 Å². The van der Waals surface area contributed by atoms with Gasteiger partial charge in [-0.3, -0.25) is 4.79 Å². The van der Waals surface area contributed by atoms with Crippen molar-refractivity contribution in [2.75, 3.05) is 4.90 Å². The summed E-state index contributed by atoms with van der Waals surface area (Å²) in [6.07, 6.45) is 0.870. The summed E-state index contributed by atoms with van der Waals surface area (Å²) in [6.45, 7) is 2.12. The van der Waals surface area contributed by atoms with Crippen LogP contribution in [0.3, 0.4) is 0 Å². The van der Waals surface area contributed by atoms with Crippen molar-refractivity contribution in [2.24, 2.45) is 0 Å². The number of carbonyl (C=O) groups excluding carboxylic acids is 1. The molecule has 1 amide bonds. The topological polar surface area (TPSA) is 63.9 Å². The first-order valence-corrected chi connectivity index (χ1v) is 8.85. The van der Waals surface area contributed by atoms with Crippen molar-refractivity contribution >= 4 is 27.5 Å². The van der Waals surface area contributed by atoms with Crippen LogP contribution in [0, 0.1) is 0 Å². The van der Waals surface area contributed by atoms with Gasteiger partial charge in [0.15, 0.2) is 0 Å². The minimum Gasteiger partial charge on any atom is -0.307 e. The molecule has 0 fully saturated rings. The molecule has 0 saturated heterocycles. The smallest absolute Gasteiger partial charge is 0.250 e. The Bertz CT molecular complexity index is 938. The average molecular weight is 398 g/mol. The first kappa shape index (κ1) is 16.0. The van der Waals surface area contributed by atoms with Crippen molar-refractivity contribution in [3.63, 3.8) is 0 Å². The van der Waals surface area contributed by atoms with E-state index in [-0.39, 0.29) is 18.5 Å². The van der Waals surface area contributed by atoms with Gasteiger partial charge in [-0.1, -0.05) is 46.3 Å². The minimum atomic E-state index is -0.0338. The molecule has 4 rings (SSSR count). The van der Waals surface area contributed by atoms with Gasteiger partial charge < -0.3 is 4.90 Å². The largest absolute Gasteiger partial charge is 0.307 e. The zero-order valence-corrected chi connectivity index (χ0v) is 15.2. The van der Waals surface area contributed by atoms with E-state index in [0.29, 0.717) is 5.82 Å². The first-order valence-electron chi connectivity index (χ1n) is 8.06. The molecule has 1 aromatic heterocycles. The third-order valence-corrected chi connectivity index (χ3v) is 5.01. The van der Waals surface area contributed by atoms with E-state index >= 15 is 0 Å². The summed E-state index contributed by atoms with van der Waals surface area (Å²) in [7, 11) is 0. The number of aromatic nitrogens is 4. The number of halogens is 1. The molecule has 25 heavy (non-hydrogen) atoms. The molecule has 0 unspecified atom stereocenters. The maximum absolute atomic E-state index is 12.8. The number of hydrogen-bond donors (Lipinski definition) is 0. The third kappa shape index (κ3) is 2.95. The lowest BCUT2D eigenvalue weighted by Crippen LogP contribution is -2.38. The monoisotopic (exact) mass is 397 g/mol. The Hall–Kier alpha value is -2.54. The second kappa shape index (κ2) is 6.40. The van der Waals surface area contributed by atoms with Crippen LogP contribution in [0.4, 0.5) is 5.69 Å². The van der Waals surface area contributed by atoms with Crippen LogP contribution < -0.4 is 4.90 Å². The standard InChI is InChI=1S/C18H16BrN5O/c1-12-10-13-6-2-5-9-16(13)24(12)17(25)11-23-21-18(20-22-23)14-7-3-4-8-15(14)19/h2-9,12H,10-11H2,1H3/t12-/m1/s1. The Balaban J connectivity index is 1.56. The second-order valence-electron chi connectivity index (χ2n) is 6.07. The second-order valence-corrected chi connectivity index (χ2v) is 6.92. The zero-order valence-electron chi connectivity index (χ0n) is 13.6. The molecule has 2 aromatic carbocycles. The molecule has 6 nitrogen and oxygen atoms in total. The van der Waals surface area contributed by atoms with E-state index in [1.807, 2.05) is 47.4 Å². The van der Waals surface area contributed by atoms with E-state index in [2.05, 4.69) is 44.3 Å². The molecule has 0 saturated carbocycles. The minimum absolute atomic E-state index is 0.0338. The fraction of sp³-hybridized carbons (Fsp3) is 0.222. The number of tetrazole rings is 1. The number of nitrogens with zero attached hydrogens (tertiary/aromatic N) is 5. The highest BCUT2D eigenvalue weighted by Gasteiger charge is 2.30. The van der Waals surface area contributed by atoms with Gasteiger partial charge in [-0.15, -0.1) is 10.2 Å². The number of fused-ring (bicyclic) bond motifs is 1. The van der Waals surface area contributed by atoms with Gasteiger partial charge in [0.2, 0.25) is 5.82 Å². The Labute approximate surface area is 153 Å². The Morgan fingerprint density at radius 3 is 2.80 bits per heavy atom. The molecule has 0 N–H and O–H groups in total. The van der Waals surface area contributed by atoms with Crippen LogP contribution in [0.25, 0.3) is 11.4 Å². The van der Waals surface area contributed by atoms with Gasteiger partial charge >= 0.3 is 0 Å². The molecule has 1 aliphatic heterocycles. The lowest BCUT2D eigenvalue weighted by Gasteiger charge is -2.22. The van der Waals surface area contributed by atoms with Crippen LogP contribution in [-0.2, 0) is 17.8 Å². The van der Waals surface area contributed by atoms with E-state index in [1.54, 1.807) is 0 Å². The van der Waals surface area contributed by atoms with Crippen LogP contribution >= 0.6 is 15.9 Å². The maximum atomic E-state index is 12.8. The highest BCUT2D eigenvalue weighted by Crippen LogP contribution is 2.32. The summed E-state index contributed by atoms with van der Waals surface area (Å²) in [6, 6.07) is 15.8. The van der Waals surface area contributed by atoms with Gasteiger partial charge in [0.25, 0.3) is 5.91 Å². The quantitative estimate of drug-likeness (QED) is 0.680. The predicted molar refractivity (Wildman–Crippen MR) is 98.0 cm³/mol. The van der Waals surface area contributed by atoms with Crippen molar-refractivity contribution in [1.82, 2.24) is 20.2 Å². The summed E-state index contributed by atoms with van der Waals surface area (Å²) >= 11 is 3.48. The fourth-order valence-electron chi connectivity index (χ4n) is 3.20. The maximum Gasteiger partial charge on any atom is 0.250 e. The number of hydrogen-bond acceptors (Lipinski definition) is 4. The molecule has 3 aromatic rings. The van der Waals surface area contributed by atoms with Crippen LogP contribution in [0.5, 0.6) is 0 Å². The summed E-state index contributed by atoms with van der Waals surface area (Å²) in [5.74, 6) is 0.462. The van der Waals surface area contributed by atoms with Gasteiger partial charge in [-0.25, -0.2) is 0 Å². The molecule has 0 spiro atoms. The summed E-state index contributed by atoms with van der Waals surface area (Å²) in [5, 5.41) is 12.5. The average Bonchev–Trinajstić information content (AvgIpc) is 3.18. The molecular formula is C18H16BrN5O. The molecule has 126 valence electrons. The Morgan fingerprint density at radius 1 is 1.20 bits per heavy atom. The SMILES string of the molecule is C[C@@H]1Cc2ccccc2N1C(=O)Cn1nnc(-c2ccccc2Br)n1. The highest BCUT2D eigenvalue weighted by atomic mass is 79.9. The van der Waals surface area contributed by atoms with E-state index < -0.39 is 0 Å². The molecular weight excluding hydrogens is 382 g/mol. The molecule has 7 heteroatoms. The molecule has 1 atom stereocenters. The highest BCUT2D eigenvalue weighted by molar-refractivity contribution is 9.10. The fourth-order valence-corrected chi connectivity index (χ4v) is 3.67. The molecule has 2 heterocycles. The first-order chi connectivity index (χ1) is 12.1. The van der Waals surface area contributed by atoms with E-state index in [4.69, 9.17) is 0 Å². The molecule has 0 aliphatic carbocycles. The summed E-state index contributed by atoms with van der Waals surface area (Å²) in [4.78, 5) is 16.0. The Kier molecular flexibility index (Phi) is 4.09. The molecule has 0 radical (unpaired) electrons. The lowest BCUT2D eigenvalue weighted by atomic mass is 10.1.